The molecule has 330 valence electrons. The molecule has 0 radical (unpaired) electrons. The molecule has 4 heteroatoms. The average Bonchev–Trinajstić information content (AvgIpc) is 3.35. The van der Waals surface area contributed by atoms with Gasteiger partial charge in [-0.25, -0.2) is 0 Å². The molecule has 0 fully saturated rings. The van der Waals surface area contributed by atoms with Crippen LogP contribution in [0.4, 0.5) is 34.1 Å². The lowest BCUT2D eigenvalue weighted by atomic mass is 9.83. The van der Waals surface area contributed by atoms with Gasteiger partial charge in [-0.05, 0) is 177 Å². The number of anilines is 6. The maximum Gasteiger partial charge on any atom is 0.0991 e. The normalized spacial score (nSPS) is 11.5. The Morgan fingerprint density at radius 3 is 1.07 bits per heavy atom. The van der Waals surface area contributed by atoms with Crippen molar-refractivity contribution in [3.63, 3.8) is 0 Å². The Labute approximate surface area is 400 Å². The fourth-order valence-electron chi connectivity index (χ4n) is 10.4. The SMILES string of the molecule is Cc1cc(C#N)ccc1N(c1cc(-c2ccccc2)ccc1C)c1cc(C(C)C)c2ccc3c(N(c4ccc(C#N)cc4C)c4cc(-c5ccccc5)ccc4C)cc(C(C)C)c4ccc1c2c43. The van der Waals surface area contributed by atoms with Crippen LogP contribution in [0.15, 0.2) is 170 Å². The highest BCUT2D eigenvalue weighted by Gasteiger charge is 2.28. The molecule has 0 atom stereocenters. The molecule has 0 aliphatic carbocycles. The van der Waals surface area contributed by atoms with Gasteiger partial charge in [0.15, 0.2) is 0 Å². The minimum Gasteiger partial charge on any atom is -0.309 e. The molecule has 0 unspecified atom stereocenters. The van der Waals surface area contributed by atoms with Crippen molar-refractivity contribution in [1.29, 1.82) is 10.5 Å². The molecule has 10 aromatic rings. The third kappa shape index (κ3) is 7.49. The smallest absolute Gasteiger partial charge is 0.0991 e. The Kier molecular flexibility index (Phi) is 11.3. The highest BCUT2D eigenvalue weighted by atomic mass is 15.2. The molecule has 0 aliphatic heterocycles. The van der Waals surface area contributed by atoms with Crippen LogP contribution in [0.3, 0.4) is 0 Å². The monoisotopic (exact) mass is 878 g/mol. The number of nitrogens with zero attached hydrogens (tertiary/aromatic N) is 4. The van der Waals surface area contributed by atoms with E-state index in [9.17, 15) is 10.5 Å². The van der Waals surface area contributed by atoms with Crippen LogP contribution in [0, 0.1) is 50.4 Å². The number of aryl methyl sites for hydroxylation is 4. The lowest BCUT2D eigenvalue weighted by molar-refractivity contribution is 0.875. The molecule has 68 heavy (non-hydrogen) atoms. The molecule has 0 aliphatic rings. The molecule has 10 aromatic carbocycles. The van der Waals surface area contributed by atoms with Gasteiger partial charge in [0.2, 0.25) is 0 Å². The Morgan fingerprint density at radius 1 is 0.338 bits per heavy atom. The first-order valence-corrected chi connectivity index (χ1v) is 23.7. The van der Waals surface area contributed by atoms with Gasteiger partial charge in [0.1, 0.15) is 0 Å². The molecule has 0 heterocycles. The molecule has 0 saturated heterocycles. The highest BCUT2D eigenvalue weighted by molar-refractivity contribution is 6.29. The summed E-state index contributed by atoms with van der Waals surface area (Å²) in [5.74, 6) is 0.424. The lowest BCUT2D eigenvalue weighted by Crippen LogP contribution is -2.15. The number of benzene rings is 10. The third-order valence-electron chi connectivity index (χ3n) is 13.9. The van der Waals surface area contributed by atoms with E-state index >= 15 is 0 Å². The number of nitriles is 2. The summed E-state index contributed by atoms with van der Waals surface area (Å²) in [6, 6.07) is 65.9. The van der Waals surface area contributed by atoms with E-state index in [2.05, 4.69) is 223 Å². The Morgan fingerprint density at radius 2 is 0.721 bits per heavy atom. The van der Waals surface area contributed by atoms with Crippen LogP contribution in [-0.2, 0) is 0 Å². The van der Waals surface area contributed by atoms with Crippen LogP contribution < -0.4 is 9.80 Å². The van der Waals surface area contributed by atoms with E-state index in [1.807, 2.05) is 24.3 Å². The topological polar surface area (TPSA) is 54.1 Å². The summed E-state index contributed by atoms with van der Waals surface area (Å²) in [7, 11) is 0. The molecule has 4 nitrogen and oxygen atoms in total. The minimum absolute atomic E-state index is 0.212. The summed E-state index contributed by atoms with van der Waals surface area (Å²) in [6.45, 7) is 17.9. The zero-order valence-corrected chi connectivity index (χ0v) is 40.1. The van der Waals surface area contributed by atoms with Crippen molar-refractivity contribution >= 4 is 66.4 Å². The Hall–Kier alpha value is -8.18. The summed E-state index contributed by atoms with van der Waals surface area (Å²) in [4.78, 5) is 4.90. The van der Waals surface area contributed by atoms with E-state index in [0.717, 1.165) is 89.4 Å². The molecule has 0 N–H and O–H groups in total. The second-order valence-electron chi connectivity index (χ2n) is 19.0. The summed E-state index contributed by atoms with van der Waals surface area (Å²) >= 11 is 0. The van der Waals surface area contributed by atoms with E-state index < -0.39 is 0 Å². The first kappa shape index (κ1) is 43.7. The van der Waals surface area contributed by atoms with E-state index in [0.29, 0.717) is 11.1 Å². The van der Waals surface area contributed by atoms with Crippen molar-refractivity contribution in [1.82, 2.24) is 0 Å². The van der Waals surface area contributed by atoms with Crippen molar-refractivity contribution in [3.05, 3.63) is 214 Å². The van der Waals surface area contributed by atoms with Gasteiger partial charge in [-0.1, -0.05) is 137 Å². The molecule has 0 amide bonds. The predicted molar refractivity (Wildman–Crippen MR) is 287 cm³/mol. The maximum atomic E-state index is 10.0. The standard InChI is InChI=1S/C64H54N4/c1-39(2)55-35-61(67(57-29-21-45(37-65)31-43(57)7)59-33-49(23-19-41(59)5)47-15-11-9-12-16-47)53-28-26-52-56(40(3)4)36-62(54-27-25-51(55)63(53)64(52)54)68(58-30-22-46(38-66)32-44(58)8)60-34-50(24-20-42(60)6)48-17-13-10-14-18-48/h9-36,39-40H,1-8H3. The number of hydrogen-bond donors (Lipinski definition) is 0. The lowest BCUT2D eigenvalue weighted by Gasteiger charge is -2.33. The van der Waals surface area contributed by atoms with E-state index in [1.54, 1.807) is 0 Å². The molecule has 0 bridgehead atoms. The van der Waals surface area contributed by atoms with Gasteiger partial charge in [0.25, 0.3) is 0 Å². The van der Waals surface area contributed by atoms with Gasteiger partial charge < -0.3 is 9.80 Å². The molecule has 10 rings (SSSR count). The largest absolute Gasteiger partial charge is 0.309 e. The van der Waals surface area contributed by atoms with Gasteiger partial charge in [-0.3, -0.25) is 0 Å². The van der Waals surface area contributed by atoms with E-state index in [-0.39, 0.29) is 11.8 Å². The van der Waals surface area contributed by atoms with Crippen molar-refractivity contribution in [2.75, 3.05) is 9.80 Å². The maximum absolute atomic E-state index is 10.0. The summed E-state index contributed by atoms with van der Waals surface area (Å²) in [6.07, 6.45) is 0. The summed E-state index contributed by atoms with van der Waals surface area (Å²) in [5.41, 5.74) is 19.2. The highest BCUT2D eigenvalue weighted by Crippen LogP contribution is 2.52. The molecule has 0 aromatic heterocycles. The van der Waals surface area contributed by atoms with Crippen molar-refractivity contribution in [3.8, 4) is 34.4 Å². The van der Waals surface area contributed by atoms with Crippen LogP contribution in [0.25, 0.3) is 54.6 Å². The van der Waals surface area contributed by atoms with Gasteiger partial charge in [-0.15, -0.1) is 0 Å². The van der Waals surface area contributed by atoms with Gasteiger partial charge >= 0.3 is 0 Å². The molecule has 0 saturated carbocycles. The summed E-state index contributed by atoms with van der Waals surface area (Å²) < 4.78 is 0. The second kappa shape index (κ2) is 17.6. The molecule has 0 spiro atoms. The molecular weight excluding hydrogens is 825 g/mol. The Bertz CT molecular complexity index is 3400. The van der Waals surface area contributed by atoms with Crippen molar-refractivity contribution < 1.29 is 0 Å². The Balaban J connectivity index is 1.33. The second-order valence-corrected chi connectivity index (χ2v) is 19.0. The van der Waals surface area contributed by atoms with Crippen molar-refractivity contribution in [2.45, 2.75) is 67.2 Å². The van der Waals surface area contributed by atoms with Gasteiger partial charge in [0.05, 0.1) is 34.6 Å². The fourth-order valence-corrected chi connectivity index (χ4v) is 10.4. The van der Waals surface area contributed by atoms with Crippen LogP contribution in [-0.4, -0.2) is 0 Å². The number of hydrogen-bond acceptors (Lipinski definition) is 4. The predicted octanol–water partition coefficient (Wildman–Crippen LogP) is 18.1. The van der Waals surface area contributed by atoms with Crippen LogP contribution >= 0.6 is 0 Å². The van der Waals surface area contributed by atoms with Crippen LogP contribution in [0.5, 0.6) is 0 Å². The molecular formula is C64H54N4. The van der Waals surface area contributed by atoms with E-state index in [1.165, 1.54) is 32.7 Å². The quantitative estimate of drug-likeness (QED) is 0.128. The minimum atomic E-state index is 0.212. The third-order valence-corrected chi connectivity index (χ3v) is 13.9. The fraction of sp³-hybridized carbons (Fsp3) is 0.156. The van der Waals surface area contributed by atoms with Crippen LogP contribution in [0.2, 0.25) is 0 Å². The van der Waals surface area contributed by atoms with Gasteiger partial charge in [0, 0.05) is 33.5 Å². The van der Waals surface area contributed by atoms with Crippen molar-refractivity contribution in [2.24, 2.45) is 0 Å². The zero-order valence-electron chi connectivity index (χ0n) is 40.1. The van der Waals surface area contributed by atoms with Crippen LogP contribution in [0.1, 0.15) is 84.0 Å². The first-order valence-electron chi connectivity index (χ1n) is 23.7. The average molecular weight is 879 g/mol. The zero-order chi connectivity index (χ0) is 47.4. The first-order chi connectivity index (χ1) is 32.9. The summed E-state index contributed by atoms with van der Waals surface area (Å²) in [5, 5.41) is 27.4. The van der Waals surface area contributed by atoms with Gasteiger partial charge in [-0.2, -0.15) is 10.5 Å². The number of rotatable bonds is 10. The van der Waals surface area contributed by atoms with E-state index in [4.69, 9.17) is 0 Å².